The lowest BCUT2D eigenvalue weighted by molar-refractivity contribution is 0.115. The van der Waals surface area contributed by atoms with Gasteiger partial charge in [-0.15, -0.1) is 0 Å². The minimum Gasteiger partial charge on any atom is -0.379 e. The van der Waals surface area contributed by atoms with Crippen molar-refractivity contribution in [2.45, 2.75) is 18.9 Å². The summed E-state index contributed by atoms with van der Waals surface area (Å²) in [5.41, 5.74) is 1.26. The molecule has 2 heteroatoms. The standard InChI is InChI=1S/C14H18O2/c1-3-7-13(8-4-1)9-5-2-6-10-15-11-14-12-16-14/h1,3-5,7-9,14H,2,6,10-12H2. The van der Waals surface area contributed by atoms with Gasteiger partial charge in [0.25, 0.3) is 0 Å². The van der Waals surface area contributed by atoms with Gasteiger partial charge in [0.2, 0.25) is 0 Å². The average Bonchev–Trinajstić information content (AvgIpc) is 3.13. The molecule has 1 saturated heterocycles. The molecule has 0 spiro atoms. The molecule has 1 aliphatic heterocycles. The molecule has 2 nitrogen and oxygen atoms in total. The predicted octanol–water partition coefficient (Wildman–Crippen LogP) is 2.90. The van der Waals surface area contributed by atoms with E-state index in [1.807, 2.05) is 6.07 Å². The summed E-state index contributed by atoms with van der Waals surface area (Å²) in [6, 6.07) is 10.4. The zero-order valence-corrected chi connectivity index (χ0v) is 9.47. The molecule has 0 aliphatic carbocycles. The Labute approximate surface area is 96.9 Å². The van der Waals surface area contributed by atoms with E-state index in [1.54, 1.807) is 0 Å². The monoisotopic (exact) mass is 218 g/mol. The second-order valence-corrected chi connectivity index (χ2v) is 3.99. The van der Waals surface area contributed by atoms with Crippen LogP contribution >= 0.6 is 0 Å². The van der Waals surface area contributed by atoms with Crippen molar-refractivity contribution in [3.63, 3.8) is 0 Å². The van der Waals surface area contributed by atoms with E-state index in [0.717, 1.165) is 32.7 Å². The highest BCUT2D eigenvalue weighted by Gasteiger charge is 2.21. The number of unbranched alkanes of at least 4 members (excludes halogenated alkanes) is 1. The topological polar surface area (TPSA) is 21.8 Å². The maximum Gasteiger partial charge on any atom is 0.104 e. The fourth-order valence-corrected chi connectivity index (χ4v) is 1.47. The summed E-state index contributed by atoms with van der Waals surface area (Å²) in [5, 5.41) is 0. The van der Waals surface area contributed by atoms with Crippen molar-refractivity contribution in [1.82, 2.24) is 0 Å². The zero-order chi connectivity index (χ0) is 11.1. The van der Waals surface area contributed by atoms with Crippen LogP contribution in [0.25, 0.3) is 6.08 Å². The molecule has 0 bridgehead atoms. The van der Waals surface area contributed by atoms with Crippen LogP contribution in [0.4, 0.5) is 0 Å². The first-order valence-corrected chi connectivity index (χ1v) is 5.86. The summed E-state index contributed by atoms with van der Waals surface area (Å²) in [6.45, 7) is 2.48. The van der Waals surface area contributed by atoms with Gasteiger partial charge in [0.15, 0.2) is 0 Å². The van der Waals surface area contributed by atoms with E-state index < -0.39 is 0 Å². The maximum atomic E-state index is 5.45. The van der Waals surface area contributed by atoms with Gasteiger partial charge >= 0.3 is 0 Å². The lowest BCUT2D eigenvalue weighted by Gasteiger charge is -1.99. The Kier molecular flexibility index (Phi) is 4.59. The van der Waals surface area contributed by atoms with E-state index in [9.17, 15) is 0 Å². The van der Waals surface area contributed by atoms with Crippen LogP contribution in [0.5, 0.6) is 0 Å². The lowest BCUT2D eigenvalue weighted by Crippen LogP contribution is -2.02. The van der Waals surface area contributed by atoms with E-state index in [-0.39, 0.29) is 0 Å². The highest BCUT2D eigenvalue weighted by molar-refractivity contribution is 5.48. The number of benzene rings is 1. The van der Waals surface area contributed by atoms with Crippen LogP contribution in [-0.2, 0) is 9.47 Å². The third-order valence-corrected chi connectivity index (χ3v) is 2.48. The smallest absolute Gasteiger partial charge is 0.104 e. The molecule has 1 fully saturated rings. The summed E-state index contributed by atoms with van der Waals surface area (Å²) >= 11 is 0. The van der Waals surface area contributed by atoms with Crippen molar-refractivity contribution in [3.8, 4) is 0 Å². The third kappa shape index (κ3) is 4.60. The van der Waals surface area contributed by atoms with E-state index in [2.05, 4.69) is 36.4 Å². The molecule has 1 heterocycles. The molecule has 0 aromatic heterocycles. The summed E-state index contributed by atoms with van der Waals surface area (Å²) in [7, 11) is 0. The molecule has 16 heavy (non-hydrogen) atoms. The zero-order valence-electron chi connectivity index (χ0n) is 9.47. The highest BCUT2D eigenvalue weighted by atomic mass is 16.6. The molecular weight excluding hydrogens is 200 g/mol. The fraction of sp³-hybridized carbons (Fsp3) is 0.429. The van der Waals surface area contributed by atoms with Gasteiger partial charge < -0.3 is 9.47 Å². The Morgan fingerprint density at radius 2 is 2.12 bits per heavy atom. The SMILES string of the molecule is C(=Cc1ccccc1)CCCOCC1CO1. The number of allylic oxidation sites excluding steroid dienone is 1. The van der Waals surface area contributed by atoms with Gasteiger partial charge in [-0.1, -0.05) is 42.5 Å². The van der Waals surface area contributed by atoms with E-state index in [1.165, 1.54) is 5.56 Å². The third-order valence-electron chi connectivity index (χ3n) is 2.48. The number of rotatable bonds is 7. The van der Waals surface area contributed by atoms with Gasteiger partial charge in [-0.2, -0.15) is 0 Å². The average molecular weight is 218 g/mol. The quantitative estimate of drug-likeness (QED) is 0.518. The largest absolute Gasteiger partial charge is 0.379 e. The van der Waals surface area contributed by atoms with Crippen LogP contribution < -0.4 is 0 Å². The van der Waals surface area contributed by atoms with Crippen LogP contribution in [0, 0.1) is 0 Å². The first kappa shape index (κ1) is 11.4. The van der Waals surface area contributed by atoms with Crippen LogP contribution in [0.1, 0.15) is 18.4 Å². The molecular formula is C14H18O2. The molecule has 1 unspecified atom stereocenters. The van der Waals surface area contributed by atoms with E-state index in [4.69, 9.17) is 9.47 Å². The summed E-state index contributed by atoms with van der Waals surface area (Å²) in [4.78, 5) is 0. The molecule has 86 valence electrons. The first-order valence-electron chi connectivity index (χ1n) is 5.86. The Balaban J connectivity index is 1.51. The maximum absolute atomic E-state index is 5.45. The number of ether oxygens (including phenoxy) is 2. The second kappa shape index (κ2) is 6.46. The van der Waals surface area contributed by atoms with Gasteiger partial charge in [-0.25, -0.2) is 0 Å². The van der Waals surface area contributed by atoms with Crippen molar-refractivity contribution < 1.29 is 9.47 Å². The van der Waals surface area contributed by atoms with Crippen molar-refractivity contribution in [3.05, 3.63) is 42.0 Å². The summed E-state index contributed by atoms with van der Waals surface area (Å²) in [5.74, 6) is 0. The van der Waals surface area contributed by atoms with Crippen LogP contribution in [0.3, 0.4) is 0 Å². The van der Waals surface area contributed by atoms with Crippen molar-refractivity contribution in [2.75, 3.05) is 19.8 Å². The van der Waals surface area contributed by atoms with Crippen LogP contribution in [-0.4, -0.2) is 25.9 Å². The second-order valence-electron chi connectivity index (χ2n) is 3.99. The minimum absolute atomic E-state index is 0.389. The molecule has 1 aromatic carbocycles. The molecule has 1 aliphatic rings. The van der Waals surface area contributed by atoms with Gasteiger partial charge in [-0.3, -0.25) is 0 Å². The summed E-state index contributed by atoms with van der Waals surface area (Å²) in [6.07, 6.45) is 6.90. The molecule has 1 aromatic rings. The number of hydrogen-bond acceptors (Lipinski definition) is 2. The molecule has 2 rings (SSSR count). The van der Waals surface area contributed by atoms with Gasteiger partial charge in [0, 0.05) is 6.61 Å². The Morgan fingerprint density at radius 1 is 1.31 bits per heavy atom. The van der Waals surface area contributed by atoms with Crippen molar-refractivity contribution in [1.29, 1.82) is 0 Å². The van der Waals surface area contributed by atoms with Gasteiger partial charge in [0.1, 0.15) is 6.10 Å². The number of epoxide rings is 1. The van der Waals surface area contributed by atoms with Crippen molar-refractivity contribution >= 4 is 6.08 Å². The highest BCUT2D eigenvalue weighted by Crippen LogP contribution is 2.09. The molecule has 0 N–H and O–H groups in total. The molecule has 0 saturated carbocycles. The van der Waals surface area contributed by atoms with E-state index >= 15 is 0 Å². The number of hydrogen-bond donors (Lipinski definition) is 0. The molecule has 1 atom stereocenters. The van der Waals surface area contributed by atoms with Gasteiger partial charge in [-0.05, 0) is 18.4 Å². The first-order chi connectivity index (χ1) is 7.95. The van der Waals surface area contributed by atoms with Crippen molar-refractivity contribution in [2.24, 2.45) is 0 Å². The summed E-state index contributed by atoms with van der Waals surface area (Å²) < 4.78 is 10.5. The Hall–Kier alpha value is -1.12. The Bertz CT molecular complexity index is 315. The van der Waals surface area contributed by atoms with Gasteiger partial charge in [0.05, 0.1) is 13.2 Å². The fourth-order valence-electron chi connectivity index (χ4n) is 1.47. The van der Waals surface area contributed by atoms with Crippen LogP contribution in [0.2, 0.25) is 0 Å². The lowest BCUT2D eigenvalue weighted by atomic mass is 10.2. The predicted molar refractivity (Wildman–Crippen MR) is 65.3 cm³/mol. The minimum atomic E-state index is 0.389. The van der Waals surface area contributed by atoms with Crippen LogP contribution in [0.15, 0.2) is 36.4 Å². The Morgan fingerprint density at radius 3 is 2.88 bits per heavy atom. The molecule has 0 radical (unpaired) electrons. The normalized spacial score (nSPS) is 19.1. The van der Waals surface area contributed by atoms with E-state index in [0.29, 0.717) is 6.10 Å². The molecule has 0 amide bonds.